The van der Waals surface area contributed by atoms with Crippen LogP contribution in [0.25, 0.3) is 0 Å². The van der Waals surface area contributed by atoms with E-state index in [1.54, 1.807) is 37.2 Å². The van der Waals surface area contributed by atoms with Crippen LogP contribution in [-0.4, -0.2) is 19.9 Å². The van der Waals surface area contributed by atoms with E-state index in [9.17, 15) is 0 Å². The molecule has 1 aromatic carbocycles. The fraction of sp³-hybridized carbons (Fsp3) is 0. The predicted molar refractivity (Wildman–Crippen MR) is 127 cm³/mol. The third-order valence-electron chi connectivity index (χ3n) is 4.96. The molecule has 0 N–H and O–H groups in total. The van der Waals surface area contributed by atoms with Crippen LogP contribution in [0.15, 0.2) is 122 Å². The molecule has 5 aromatic rings. The Morgan fingerprint density at radius 1 is 0.406 bits per heavy atom. The summed E-state index contributed by atoms with van der Waals surface area (Å²) in [6.07, 6.45) is 10.8. The summed E-state index contributed by atoms with van der Waals surface area (Å²) in [6.45, 7) is 0. The molecule has 0 amide bonds. The summed E-state index contributed by atoms with van der Waals surface area (Å²) in [5.74, 6) is 1.56. The summed E-state index contributed by atoms with van der Waals surface area (Å²) >= 11 is 0. The van der Waals surface area contributed by atoms with Crippen molar-refractivity contribution in [1.82, 2.24) is 19.9 Å². The molecule has 4 aromatic heterocycles. The highest BCUT2D eigenvalue weighted by molar-refractivity contribution is 5.89. The number of anilines is 6. The van der Waals surface area contributed by atoms with E-state index in [1.165, 1.54) is 0 Å². The molecule has 6 nitrogen and oxygen atoms in total. The van der Waals surface area contributed by atoms with Crippen molar-refractivity contribution in [2.75, 3.05) is 9.80 Å². The van der Waals surface area contributed by atoms with Crippen molar-refractivity contribution in [2.24, 2.45) is 0 Å². The molecule has 0 aliphatic carbocycles. The second-order valence-electron chi connectivity index (χ2n) is 6.95. The molecular formula is C26H20N6. The minimum atomic E-state index is 0.781. The standard InChI is InChI=1S/C26H20N6/c1-2-8-24(32(25-9-3-5-15-29-25)26-10-4-6-16-30-26)23(7-1)31(21-11-17-27-18-12-21)22-13-19-28-20-14-22/h1-20H. The lowest BCUT2D eigenvalue weighted by Crippen LogP contribution is -2.18. The molecule has 0 spiro atoms. The van der Waals surface area contributed by atoms with Crippen LogP contribution in [0.2, 0.25) is 0 Å². The molecule has 6 heteroatoms. The van der Waals surface area contributed by atoms with E-state index in [2.05, 4.69) is 41.9 Å². The normalized spacial score (nSPS) is 10.5. The molecule has 0 aliphatic rings. The van der Waals surface area contributed by atoms with E-state index in [1.807, 2.05) is 72.8 Å². The third kappa shape index (κ3) is 3.89. The van der Waals surface area contributed by atoms with Crippen molar-refractivity contribution in [2.45, 2.75) is 0 Å². The maximum Gasteiger partial charge on any atom is 0.138 e. The summed E-state index contributed by atoms with van der Waals surface area (Å²) in [6, 6.07) is 27.9. The fourth-order valence-corrected chi connectivity index (χ4v) is 3.59. The summed E-state index contributed by atoms with van der Waals surface area (Å²) in [5.41, 5.74) is 3.89. The molecule has 32 heavy (non-hydrogen) atoms. The molecule has 0 unspecified atom stereocenters. The van der Waals surface area contributed by atoms with Crippen LogP contribution in [0, 0.1) is 0 Å². The zero-order valence-electron chi connectivity index (χ0n) is 17.2. The van der Waals surface area contributed by atoms with Crippen molar-refractivity contribution in [3.05, 3.63) is 122 Å². The van der Waals surface area contributed by atoms with E-state index >= 15 is 0 Å². The quantitative estimate of drug-likeness (QED) is 0.328. The number of rotatable bonds is 6. The highest BCUT2D eigenvalue weighted by atomic mass is 15.3. The Hall–Kier alpha value is -4.58. The summed E-state index contributed by atoms with van der Waals surface area (Å²) in [5, 5.41) is 0. The highest BCUT2D eigenvalue weighted by Gasteiger charge is 2.22. The van der Waals surface area contributed by atoms with Crippen molar-refractivity contribution < 1.29 is 0 Å². The van der Waals surface area contributed by atoms with Gasteiger partial charge in [0.25, 0.3) is 0 Å². The molecule has 0 bridgehead atoms. The Balaban J connectivity index is 1.74. The number of hydrogen-bond donors (Lipinski definition) is 0. The summed E-state index contributed by atoms with van der Waals surface area (Å²) in [4.78, 5) is 21.9. The minimum absolute atomic E-state index is 0.781. The number of hydrogen-bond acceptors (Lipinski definition) is 6. The van der Waals surface area contributed by atoms with Gasteiger partial charge in [0.15, 0.2) is 0 Å². The molecule has 0 saturated carbocycles. The van der Waals surface area contributed by atoms with Gasteiger partial charge in [0, 0.05) is 48.6 Å². The summed E-state index contributed by atoms with van der Waals surface area (Å²) in [7, 11) is 0. The largest absolute Gasteiger partial charge is 0.308 e. The SMILES string of the molecule is c1ccc(N(c2ccccn2)c2ccccc2N(c2ccncc2)c2ccncc2)nc1. The van der Waals surface area contributed by atoms with Crippen LogP contribution in [-0.2, 0) is 0 Å². The van der Waals surface area contributed by atoms with Gasteiger partial charge in [-0.3, -0.25) is 14.9 Å². The Kier molecular flexibility index (Phi) is 5.49. The number of para-hydroxylation sites is 2. The average molecular weight is 416 g/mol. The number of aromatic nitrogens is 4. The minimum Gasteiger partial charge on any atom is -0.308 e. The maximum absolute atomic E-state index is 4.63. The Bertz CT molecular complexity index is 1080. The first-order chi connectivity index (χ1) is 15.9. The van der Waals surface area contributed by atoms with E-state index in [0.29, 0.717) is 0 Å². The molecule has 0 saturated heterocycles. The molecule has 0 radical (unpaired) electrons. The zero-order chi connectivity index (χ0) is 21.6. The lowest BCUT2D eigenvalue weighted by atomic mass is 10.1. The highest BCUT2D eigenvalue weighted by Crippen LogP contribution is 2.43. The van der Waals surface area contributed by atoms with Crippen LogP contribution >= 0.6 is 0 Å². The molecule has 5 rings (SSSR count). The lowest BCUT2D eigenvalue weighted by Gasteiger charge is -2.31. The number of pyridine rings is 4. The maximum atomic E-state index is 4.63. The van der Waals surface area contributed by atoms with Gasteiger partial charge in [-0.1, -0.05) is 24.3 Å². The van der Waals surface area contributed by atoms with Crippen molar-refractivity contribution in [3.8, 4) is 0 Å². The van der Waals surface area contributed by atoms with Crippen LogP contribution in [0.4, 0.5) is 34.4 Å². The molecular weight excluding hydrogens is 396 g/mol. The zero-order valence-corrected chi connectivity index (χ0v) is 17.2. The van der Waals surface area contributed by atoms with Crippen LogP contribution < -0.4 is 9.80 Å². The fourth-order valence-electron chi connectivity index (χ4n) is 3.59. The van der Waals surface area contributed by atoms with Gasteiger partial charge in [-0.15, -0.1) is 0 Å². The molecule has 0 aliphatic heterocycles. The van der Waals surface area contributed by atoms with Gasteiger partial charge in [0.2, 0.25) is 0 Å². The van der Waals surface area contributed by atoms with Gasteiger partial charge in [-0.25, -0.2) is 9.97 Å². The van der Waals surface area contributed by atoms with Crippen LogP contribution in [0.5, 0.6) is 0 Å². The van der Waals surface area contributed by atoms with Gasteiger partial charge < -0.3 is 4.90 Å². The van der Waals surface area contributed by atoms with Crippen molar-refractivity contribution in [1.29, 1.82) is 0 Å². The first kappa shape index (κ1) is 19.4. The van der Waals surface area contributed by atoms with Crippen LogP contribution in [0.3, 0.4) is 0 Å². The van der Waals surface area contributed by atoms with Gasteiger partial charge >= 0.3 is 0 Å². The Morgan fingerprint density at radius 3 is 1.28 bits per heavy atom. The number of benzene rings is 1. The van der Waals surface area contributed by atoms with Crippen molar-refractivity contribution >= 4 is 34.4 Å². The second-order valence-corrected chi connectivity index (χ2v) is 6.95. The molecule has 4 heterocycles. The predicted octanol–water partition coefficient (Wildman–Crippen LogP) is 6.21. The van der Waals surface area contributed by atoms with E-state index < -0.39 is 0 Å². The van der Waals surface area contributed by atoms with Gasteiger partial charge in [0.05, 0.1) is 11.4 Å². The Labute approximate surface area is 186 Å². The first-order valence-corrected chi connectivity index (χ1v) is 10.2. The average Bonchev–Trinajstić information content (AvgIpc) is 2.88. The topological polar surface area (TPSA) is 58.0 Å². The van der Waals surface area contributed by atoms with Gasteiger partial charge in [-0.2, -0.15) is 0 Å². The third-order valence-corrected chi connectivity index (χ3v) is 4.96. The van der Waals surface area contributed by atoms with E-state index in [-0.39, 0.29) is 0 Å². The summed E-state index contributed by atoms with van der Waals surface area (Å²) < 4.78 is 0. The molecule has 0 fully saturated rings. The first-order valence-electron chi connectivity index (χ1n) is 10.2. The molecule has 0 atom stereocenters. The smallest absolute Gasteiger partial charge is 0.138 e. The second kappa shape index (κ2) is 9.06. The van der Waals surface area contributed by atoms with E-state index in [4.69, 9.17) is 0 Å². The van der Waals surface area contributed by atoms with E-state index in [0.717, 1.165) is 34.4 Å². The Morgan fingerprint density at radius 2 is 0.844 bits per heavy atom. The monoisotopic (exact) mass is 416 g/mol. The molecule has 154 valence electrons. The number of nitrogens with zero attached hydrogens (tertiary/aromatic N) is 6. The van der Waals surface area contributed by atoms with Crippen molar-refractivity contribution in [3.63, 3.8) is 0 Å². The van der Waals surface area contributed by atoms with Crippen LogP contribution in [0.1, 0.15) is 0 Å². The lowest BCUT2D eigenvalue weighted by molar-refractivity contribution is 1.11. The van der Waals surface area contributed by atoms with Gasteiger partial charge in [-0.05, 0) is 60.7 Å². The van der Waals surface area contributed by atoms with Gasteiger partial charge in [0.1, 0.15) is 11.6 Å².